The molecule has 1 fully saturated rings. The van der Waals surface area contributed by atoms with E-state index < -0.39 is 0 Å². The van der Waals surface area contributed by atoms with Crippen LogP contribution in [0.25, 0.3) is 11.5 Å². The highest BCUT2D eigenvalue weighted by Crippen LogP contribution is 2.24. The first kappa shape index (κ1) is 16.7. The van der Waals surface area contributed by atoms with Gasteiger partial charge in [-0.3, -0.25) is 4.90 Å². The molecule has 1 aromatic carbocycles. The lowest BCUT2D eigenvalue weighted by atomic mass is 9.96. The Balaban J connectivity index is 1.59. The number of hydrogen-bond acceptors (Lipinski definition) is 4. The molecule has 23 heavy (non-hydrogen) atoms. The second-order valence-electron chi connectivity index (χ2n) is 6.37. The van der Waals surface area contributed by atoms with Crippen molar-refractivity contribution >= 4 is 15.9 Å². The molecule has 2 heterocycles. The summed E-state index contributed by atoms with van der Waals surface area (Å²) in [6, 6.07) is 7.95. The lowest BCUT2D eigenvalue weighted by Gasteiger charge is -2.17. The van der Waals surface area contributed by atoms with Crippen LogP contribution in [0.4, 0.5) is 0 Å². The van der Waals surface area contributed by atoms with Crippen LogP contribution in [0.2, 0.25) is 0 Å². The summed E-state index contributed by atoms with van der Waals surface area (Å²) in [7, 11) is 0. The number of nitrogens with zero attached hydrogens (tertiary/aromatic N) is 3. The van der Waals surface area contributed by atoms with Gasteiger partial charge in [-0.05, 0) is 62.5 Å². The average Bonchev–Trinajstić information content (AvgIpc) is 2.90. The highest BCUT2D eigenvalue weighted by Gasteiger charge is 2.18. The molecule has 1 aliphatic heterocycles. The third kappa shape index (κ3) is 4.64. The minimum absolute atomic E-state index is 0.603. The highest BCUT2D eigenvalue weighted by atomic mass is 79.9. The molecule has 1 atom stereocenters. The van der Waals surface area contributed by atoms with Crippen molar-refractivity contribution in [2.45, 2.75) is 45.6 Å². The molecule has 0 amide bonds. The standard InChI is InChI=1S/C18H24BrN3O/c1-2-4-14-5-3-11-22(12-10-14)13-17-20-21-18(23-17)15-6-8-16(19)9-7-15/h6-9,14H,2-5,10-13H2,1H3. The predicted octanol–water partition coefficient (Wildman–Crippen LogP) is 4.90. The largest absolute Gasteiger partial charge is 0.419 e. The minimum atomic E-state index is 0.603. The lowest BCUT2D eigenvalue weighted by Crippen LogP contribution is -2.24. The Morgan fingerprint density at radius 1 is 1.17 bits per heavy atom. The number of halogens is 1. The Bertz CT molecular complexity index is 611. The van der Waals surface area contributed by atoms with Gasteiger partial charge >= 0.3 is 0 Å². The molecule has 2 aromatic rings. The average molecular weight is 378 g/mol. The normalized spacial score (nSPS) is 19.7. The molecule has 1 unspecified atom stereocenters. The van der Waals surface area contributed by atoms with Crippen LogP contribution >= 0.6 is 15.9 Å². The lowest BCUT2D eigenvalue weighted by molar-refractivity contribution is 0.245. The van der Waals surface area contributed by atoms with Gasteiger partial charge in [-0.25, -0.2) is 0 Å². The van der Waals surface area contributed by atoms with Gasteiger partial charge in [0.2, 0.25) is 11.8 Å². The van der Waals surface area contributed by atoms with Crippen molar-refractivity contribution in [3.8, 4) is 11.5 Å². The van der Waals surface area contributed by atoms with Crippen molar-refractivity contribution in [3.63, 3.8) is 0 Å². The van der Waals surface area contributed by atoms with E-state index in [1.807, 2.05) is 24.3 Å². The van der Waals surface area contributed by atoms with Gasteiger partial charge in [0.25, 0.3) is 0 Å². The van der Waals surface area contributed by atoms with Gasteiger partial charge in [-0.15, -0.1) is 10.2 Å². The molecule has 1 aliphatic rings. The van der Waals surface area contributed by atoms with E-state index in [1.165, 1.54) is 32.1 Å². The summed E-state index contributed by atoms with van der Waals surface area (Å²) in [6.45, 7) is 5.32. The molecule has 3 rings (SSSR count). The Kier molecular flexibility index (Phi) is 5.84. The number of hydrogen-bond donors (Lipinski definition) is 0. The van der Waals surface area contributed by atoms with Gasteiger partial charge in [-0.1, -0.05) is 35.7 Å². The highest BCUT2D eigenvalue weighted by molar-refractivity contribution is 9.10. The fraction of sp³-hybridized carbons (Fsp3) is 0.556. The third-order valence-electron chi connectivity index (χ3n) is 4.55. The zero-order valence-electron chi connectivity index (χ0n) is 13.7. The topological polar surface area (TPSA) is 42.2 Å². The van der Waals surface area contributed by atoms with Crippen molar-refractivity contribution in [1.29, 1.82) is 0 Å². The van der Waals surface area contributed by atoms with Crippen molar-refractivity contribution in [1.82, 2.24) is 15.1 Å². The number of rotatable bonds is 5. The molecule has 0 spiro atoms. The molecule has 1 saturated heterocycles. The third-order valence-corrected chi connectivity index (χ3v) is 5.08. The number of likely N-dealkylation sites (tertiary alicyclic amines) is 1. The Morgan fingerprint density at radius 2 is 2.00 bits per heavy atom. The van der Waals surface area contributed by atoms with E-state index in [1.54, 1.807) is 0 Å². The van der Waals surface area contributed by atoms with E-state index in [2.05, 4.69) is 38.0 Å². The zero-order chi connectivity index (χ0) is 16.1. The minimum Gasteiger partial charge on any atom is -0.419 e. The van der Waals surface area contributed by atoms with Crippen LogP contribution in [0.3, 0.4) is 0 Å². The summed E-state index contributed by atoms with van der Waals surface area (Å²) in [5, 5.41) is 8.42. The fourth-order valence-electron chi connectivity index (χ4n) is 3.30. The van der Waals surface area contributed by atoms with E-state index >= 15 is 0 Å². The molecule has 5 heteroatoms. The molecule has 0 N–H and O–H groups in total. The summed E-state index contributed by atoms with van der Waals surface area (Å²) in [5.41, 5.74) is 0.964. The van der Waals surface area contributed by atoms with Crippen molar-refractivity contribution in [3.05, 3.63) is 34.6 Å². The summed E-state index contributed by atoms with van der Waals surface area (Å²) < 4.78 is 6.90. The van der Waals surface area contributed by atoms with Crippen LogP contribution < -0.4 is 0 Å². The van der Waals surface area contributed by atoms with Crippen molar-refractivity contribution < 1.29 is 4.42 Å². The number of aromatic nitrogens is 2. The van der Waals surface area contributed by atoms with Gasteiger partial charge < -0.3 is 4.42 Å². The van der Waals surface area contributed by atoms with Gasteiger partial charge in [0.15, 0.2) is 0 Å². The Labute approximate surface area is 146 Å². The molecular formula is C18H24BrN3O. The van der Waals surface area contributed by atoms with Crippen molar-refractivity contribution in [2.75, 3.05) is 13.1 Å². The van der Waals surface area contributed by atoms with Gasteiger partial charge in [0.1, 0.15) is 0 Å². The molecule has 0 radical (unpaired) electrons. The quantitative estimate of drug-likeness (QED) is 0.742. The van der Waals surface area contributed by atoms with Crippen LogP contribution in [0.1, 0.15) is 44.9 Å². The van der Waals surface area contributed by atoms with E-state index in [4.69, 9.17) is 4.42 Å². The second kappa shape index (κ2) is 8.06. The van der Waals surface area contributed by atoms with E-state index in [0.717, 1.165) is 41.5 Å². The molecular weight excluding hydrogens is 354 g/mol. The first-order chi connectivity index (χ1) is 11.2. The molecule has 4 nitrogen and oxygen atoms in total. The maximum Gasteiger partial charge on any atom is 0.247 e. The second-order valence-corrected chi connectivity index (χ2v) is 7.29. The number of benzene rings is 1. The van der Waals surface area contributed by atoms with E-state index in [9.17, 15) is 0 Å². The predicted molar refractivity (Wildman–Crippen MR) is 95.0 cm³/mol. The maximum absolute atomic E-state index is 5.85. The van der Waals surface area contributed by atoms with Crippen LogP contribution in [0.15, 0.2) is 33.2 Å². The van der Waals surface area contributed by atoms with Crippen LogP contribution in [0, 0.1) is 5.92 Å². The van der Waals surface area contributed by atoms with Gasteiger partial charge in [0.05, 0.1) is 6.54 Å². The summed E-state index contributed by atoms with van der Waals surface area (Å²) in [6.07, 6.45) is 6.59. The molecule has 0 bridgehead atoms. The SMILES string of the molecule is CCCC1CCCN(Cc2nnc(-c3ccc(Br)cc3)o2)CC1. The van der Waals surface area contributed by atoms with E-state index in [-0.39, 0.29) is 0 Å². The first-order valence-electron chi connectivity index (χ1n) is 8.55. The van der Waals surface area contributed by atoms with Crippen LogP contribution in [-0.2, 0) is 6.54 Å². The smallest absolute Gasteiger partial charge is 0.247 e. The fourth-order valence-corrected chi connectivity index (χ4v) is 3.56. The molecule has 1 aromatic heterocycles. The molecule has 0 aliphatic carbocycles. The summed E-state index contributed by atoms with van der Waals surface area (Å²) in [5.74, 6) is 2.22. The Morgan fingerprint density at radius 3 is 2.78 bits per heavy atom. The first-order valence-corrected chi connectivity index (χ1v) is 9.34. The maximum atomic E-state index is 5.85. The zero-order valence-corrected chi connectivity index (χ0v) is 15.3. The van der Waals surface area contributed by atoms with Crippen LogP contribution in [0.5, 0.6) is 0 Å². The molecule has 0 saturated carbocycles. The van der Waals surface area contributed by atoms with Crippen molar-refractivity contribution in [2.24, 2.45) is 5.92 Å². The van der Waals surface area contributed by atoms with E-state index in [0.29, 0.717) is 5.89 Å². The Hall–Kier alpha value is -1.20. The summed E-state index contributed by atoms with van der Waals surface area (Å²) >= 11 is 3.44. The van der Waals surface area contributed by atoms with Gasteiger partial charge in [0, 0.05) is 10.0 Å². The van der Waals surface area contributed by atoms with Gasteiger partial charge in [-0.2, -0.15) is 0 Å². The molecule has 124 valence electrons. The monoisotopic (exact) mass is 377 g/mol. The summed E-state index contributed by atoms with van der Waals surface area (Å²) in [4.78, 5) is 2.45. The van der Waals surface area contributed by atoms with Crippen LogP contribution in [-0.4, -0.2) is 28.2 Å².